The number of nitrogens with zero attached hydrogens (tertiary/aromatic N) is 2. The van der Waals surface area contributed by atoms with Crippen LogP contribution in [0.4, 0.5) is 0 Å². The fourth-order valence-electron chi connectivity index (χ4n) is 2.94. The van der Waals surface area contributed by atoms with Crippen LogP contribution in [0.5, 0.6) is 5.75 Å². The number of aromatic hydroxyl groups is 1. The molecule has 1 aliphatic heterocycles. The van der Waals surface area contributed by atoms with E-state index in [0.717, 1.165) is 30.6 Å². The maximum absolute atomic E-state index is 12.9. The van der Waals surface area contributed by atoms with E-state index in [0.29, 0.717) is 13.1 Å². The first-order valence-electron chi connectivity index (χ1n) is 8.37. The summed E-state index contributed by atoms with van der Waals surface area (Å²) in [5.41, 5.74) is 1.81. The molecule has 0 aliphatic carbocycles. The number of halogens is 1. The molecule has 25 heavy (non-hydrogen) atoms. The minimum absolute atomic E-state index is 0.00840. The van der Waals surface area contributed by atoms with E-state index in [-0.39, 0.29) is 29.2 Å². The van der Waals surface area contributed by atoms with Crippen LogP contribution >= 0.6 is 11.6 Å². The molecule has 1 saturated heterocycles. The number of carbonyl (C=O) groups excluding carboxylic acids is 1. The highest BCUT2D eigenvalue weighted by molar-refractivity contribution is 6.32. The van der Waals surface area contributed by atoms with Gasteiger partial charge in [0.15, 0.2) is 0 Å². The van der Waals surface area contributed by atoms with Crippen molar-refractivity contribution in [3.05, 3.63) is 58.9 Å². The predicted octanol–water partition coefficient (Wildman–Crippen LogP) is 3.19. The highest BCUT2D eigenvalue weighted by atomic mass is 35.5. The molecule has 1 aromatic heterocycles. The van der Waals surface area contributed by atoms with E-state index in [9.17, 15) is 9.90 Å². The number of benzene rings is 1. The van der Waals surface area contributed by atoms with Crippen molar-refractivity contribution >= 4 is 17.5 Å². The first-order chi connectivity index (χ1) is 12.1. The molecule has 132 valence electrons. The van der Waals surface area contributed by atoms with Gasteiger partial charge in [0.05, 0.1) is 17.5 Å². The Kier molecular flexibility index (Phi) is 5.89. The molecular formula is C19H21ClN2O3. The number of phenolic OH excluding ortho intramolecular Hbond substituents is 1. The second-order valence-corrected chi connectivity index (χ2v) is 6.63. The zero-order valence-corrected chi connectivity index (χ0v) is 14.7. The molecule has 1 N–H and O–H groups in total. The van der Waals surface area contributed by atoms with E-state index in [4.69, 9.17) is 16.3 Å². The fraction of sp³-hybridized carbons (Fsp3) is 0.368. The Balaban J connectivity index is 1.72. The number of amides is 1. The third kappa shape index (κ3) is 4.94. The number of hydrogen-bond acceptors (Lipinski definition) is 4. The van der Waals surface area contributed by atoms with E-state index >= 15 is 0 Å². The molecule has 1 unspecified atom stereocenters. The Labute approximate surface area is 152 Å². The van der Waals surface area contributed by atoms with Crippen molar-refractivity contribution in [1.29, 1.82) is 0 Å². The highest BCUT2D eigenvalue weighted by Crippen LogP contribution is 2.24. The molecule has 2 aromatic rings. The summed E-state index contributed by atoms with van der Waals surface area (Å²) in [4.78, 5) is 18.7. The van der Waals surface area contributed by atoms with Gasteiger partial charge >= 0.3 is 0 Å². The van der Waals surface area contributed by atoms with Crippen molar-refractivity contribution in [3.63, 3.8) is 0 Å². The lowest BCUT2D eigenvalue weighted by Crippen LogP contribution is -2.37. The highest BCUT2D eigenvalue weighted by Gasteiger charge is 2.23. The zero-order chi connectivity index (χ0) is 17.6. The molecule has 0 spiro atoms. The number of carbonyl (C=O) groups is 1. The number of phenols is 1. The normalized spacial score (nSPS) is 16.8. The molecule has 6 heteroatoms. The lowest BCUT2D eigenvalue weighted by atomic mass is 10.1. The standard InChI is InChI=1S/C19H21ClN2O3/c20-17-10-15(3-4-18(17)23)11-19(24)22(13-16-2-1-9-25-16)12-14-5-7-21-8-6-14/h3-8,10,16,23H,1-2,9,11-13H2. The van der Waals surface area contributed by atoms with Gasteiger partial charge in [-0.15, -0.1) is 0 Å². The Morgan fingerprint density at radius 2 is 2.08 bits per heavy atom. The molecule has 3 rings (SSSR count). The maximum atomic E-state index is 12.9. The van der Waals surface area contributed by atoms with Crippen LogP contribution in [-0.4, -0.2) is 40.2 Å². The summed E-state index contributed by atoms with van der Waals surface area (Å²) in [7, 11) is 0. The Bertz CT molecular complexity index is 718. The van der Waals surface area contributed by atoms with Gasteiger partial charge < -0.3 is 14.7 Å². The Morgan fingerprint density at radius 3 is 2.76 bits per heavy atom. The molecule has 5 nitrogen and oxygen atoms in total. The number of pyridine rings is 1. The number of hydrogen-bond donors (Lipinski definition) is 1. The third-order valence-electron chi connectivity index (χ3n) is 4.29. The van der Waals surface area contributed by atoms with Crippen LogP contribution < -0.4 is 0 Å². The topological polar surface area (TPSA) is 62.7 Å². The van der Waals surface area contributed by atoms with Gasteiger partial charge in [-0.1, -0.05) is 17.7 Å². The van der Waals surface area contributed by atoms with E-state index in [1.807, 2.05) is 17.0 Å². The van der Waals surface area contributed by atoms with Crippen molar-refractivity contribution in [2.45, 2.75) is 31.9 Å². The van der Waals surface area contributed by atoms with Gasteiger partial charge in [0.25, 0.3) is 0 Å². The molecule has 2 heterocycles. The minimum Gasteiger partial charge on any atom is -0.506 e. The van der Waals surface area contributed by atoms with Crippen molar-refractivity contribution in [2.75, 3.05) is 13.2 Å². The van der Waals surface area contributed by atoms with Gasteiger partial charge in [0.2, 0.25) is 5.91 Å². The average molecular weight is 361 g/mol. The summed E-state index contributed by atoms with van der Waals surface area (Å²) in [6.45, 7) is 1.86. The second kappa shape index (κ2) is 8.32. The SMILES string of the molecule is O=C(Cc1ccc(O)c(Cl)c1)N(Cc1ccncc1)CC1CCCO1. The lowest BCUT2D eigenvalue weighted by molar-refractivity contribution is -0.132. The van der Waals surface area contributed by atoms with Crippen LogP contribution in [0.2, 0.25) is 5.02 Å². The van der Waals surface area contributed by atoms with Gasteiger partial charge in [-0.3, -0.25) is 9.78 Å². The van der Waals surface area contributed by atoms with Gasteiger partial charge in [-0.05, 0) is 48.2 Å². The summed E-state index contributed by atoms with van der Waals surface area (Å²) >= 11 is 5.94. The molecule has 0 bridgehead atoms. The second-order valence-electron chi connectivity index (χ2n) is 6.23. The maximum Gasteiger partial charge on any atom is 0.227 e. The van der Waals surface area contributed by atoms with Gasteiger partial charge in [-0.2, -0.15) is 0 Å². The number of ether oxygens (including phenoxy) is 1. The molecule has 1 amide bonds. The Morgan fingerprint density at radius 1 is 1.28 bits per heavy atom. The smallest absolute Gasteiger partial charge is 0.227 e. The zero-order valence-electron chi connectivity index (χ0n) is 13.9. The van der Waals surface area contributed by atoms with E-state index in [1.54, 1.807) is 24.5 Å². The van der Waals surface area contributed by atoms with Gasteiger partial charge in [-0.25, -0.2) is 0 Å². The van der Waals surface area contributed by atoms with Crippen LogP contribution in [0.25, 0.3) is 0 Å². The fourth-order valence-corrected chi connectivity index (χ4v) is 3.15. The minimum atomic E-state index is 0.00840. The van der Waals surface area contributed by atoms with Crippen molar-refractivity contribution < 1.29 is 14.6 Å². The molecule has 1 fully saturated rings. The van der Waals surface area contributed by atoms with E-state index < -0.39 is 0 Å². The van der Waals surface area contributed by atoms with Crippen molar-refractivity contribution in [2.24, 2.45) is 0 Å². The summed E-state index contributed by atoms with van der Waals surface area (Å²) in [5.74, 6) is 0.0277. The lowest BCUT2D eigenvalue weighted by Gasteiger charge is -2.26. The third-order valence-corrected chi connectivity index (χ3v) is 4.59. The summed E-state index contributed by atoms with van der Waals surface area (Å²) < 4.78 is 5.70. The Hall–Kier alpha value is -2.11. The summed E-state index contributed by atoms with van der Waals surface area (Å²) in [6.07, 6.45) is 5.79. The summed E-state index contributed by atoms with van der Waals surface area (Å²) in [6, 6.07) is 8.68. The number of aromatic nitrogens is 1. The molecule has 0 saturated carbocycles. The van der Waals surface area contributed by atoms with Crippen molar-refractivity contribution in [1.82, 2.24) is 9.88 Å². The van der Waals surface area contributed by atoms with Crippen LogP contribution in [0.3, 0.4) is 0 Å². The molecule has 0 radical (unpaired) electrons. The monoisotopic (exact) mass is 360 g/mol. The first-order valence-corrected chi connectivity index (χ1v) is 8.75. The molecule has 1 aromatic carbocycles. The van der Waals surface area contributed by atoms with Gasteiger partial charge in [0.1, 0.15) is 5.75 Å². The molecule has 1 aliphatic rings. The molecule has 1 atom stereocenters. The van der Waals surface area contributed by atoms with Crippen LogP contribution in [-0.2, 0) is 22.5 Å². The first kappa shape index (κ1) is 17.7. The van der Waals surface area contributed by atoms with Crippen LogP contribution in [0.1, 0.15) is 24.0 Å². The van der Waals surface area contributed by atoms with Crippen LogP contribution in [0, 0.1) is 0 Å². The quantitative estimate of drug-likeness (QED) is 0.859. The predicted molar refractivity (Wildman–Crippen MR) is 95.4 cm³/mol. The van der Waals surface area contributed by atoms with Crippen molar-refractivity contribution in [3.8, 4) is 5.75 Å². The van der Waals surface area contributed by atoms with Gasteiger partial charge in [0, 0.05) is 32.1 Å². The number of rotatable bonds is 6. The average Bonchev–Trinajstić information content (AvgIpc) is 3.12. The largest absolute Gasteiger partial charge is 0.506 e. The van der Waals surface area contributed by atoms with E-state index in [2.05, 4.69) is 4.98 Å². The summed E-state index contributed by atoms with van der Waals surface area (Å²) in [5, 5.41) is 9.78. The molecular weight excluding hydrogens is 340 g/mol. The van der Waals surface area contributed by atoms with Crippen LogP contribution in [0.15, 0.2) is 42.7 Å². The van der Waals surface area contributed by atoms with E-state index in [1.165, 1.54) is 6.07 Å².